The van der Waals surface area contributed by atoms with Crippen LogP contribution in [0.2, 0.25) is 0 Å². The van der Waals surface area contributed by atoms with Crippen LogP contribution in [-0.4, -0.2) is 53.9 Å². The number of amides is 2. The Bertz CT molecular complexity index is 1730. The number of allylic oxidation sites excluding steroid dienone is 1. The molecule has 1 aliphatic carbocycles. The number of ketones is 1. The molecule has 0 saturated carbocycles. The third-order valence-electron chi connectivity index (χ3n) is 10.0. The Balaban J connectivity index is 0.000000395. The summed E-state index contributed by atoms with van der Waals surface area (Å²) < 4.78 is 0. The summed E-state index contributed by atoms with van der Waals surface area (Å²) in [5.74, 6) is 0.579. The van der Waals surface area contributed by atoms with Gasteiger partial charge in [-0.05, 0) is 118 Å². The SMILES string of the molecule is C=C(CC)C1CCN(C(=O)CC(C)(C)C)C1.CN.CS.Cc1ccc(C(C)NC(=O)c2ccc3c(c2)/C(=C/c2[nH]c(C)c(C)c2C)C(=O)C3C)cc1. The molecule has 1 aliphatic heterocycles. The lowest BCUT2D eigenvalue weighted by Gasteiger charge is -2.23. The Morgan fingerprint density at radius 3 is 2.21 bits per heavy atom. The molecule has 3 unspecified atom stereocenters. The van der Waals surface area contributed by atoms with Crippen LogP contribution >= 0.6 is 12.6 Å². The van der Waals surface area contributed by atoms with Crippen LogP contribution in [0.25, 0.3) is 11.6 Å². The summed E-state index contributed by atoms with van der Waals surface area (Å²) in [7, 11) is 1.50. The monoisotopic (exact) mass is 728 g/mol. The van der Waals surface area contributed by atoms with E-state index in [1.165, 1.54) is 23.7 Å². The van der Waals surface area contributed by atoms with Crippen LogP contribution in [0.3, 0.4) is 0 Å². The summed E-state index contributed by atoms with van der Waals surface area (Å²) in [6.45, 7) is 26.5. The van der Waals surface area contributed by atoms with Crippen LogP contribution in [0.15, 0.2) is 54.6 Å². The van der Waals surface area contributed by atoms with E-state index in [0.29, 0.717) is 29.4 Å². The summed E-state index contributed by atoms with van der Waals surface area (Å²) in [6.07, 6.45) is 6.42. The quantitative estimate of drug-likeness (QED) is 0.111. The number of nitrogens with two attached hydrogens (primary N) is 1. The van der Waals surface area contributed by atoms with Crippen LogP contribution in [0.1, 0.15) is 128 Å². The summed E-state index contributed by atoms with van der Waals surface area (Å²) >= 11 is 3.53. The fourth-order valence-electron chi connectivity index (χ4n) is 6.52. The third-order valence-corrected chi connectivity index (χ3v) is 10.0. The van der Waals surface area contributed by atoms with Gasteiger partial charge in [-0.25, -0.2) is 0 Å². The molecule has 5 rings (SSSR count). The van der Waals surface area contributed by atoms with Crippen molar-refractivity contribution in [3.8, 4) is 0 Å². The van der Waals surface area contributed by atoms with Crippen LogP contribution in [0, 0.1) is 39.0 Å². The minimum atomic E-state index is -0.211. The largest absolute Gasteiger partial charge is 0.359 e. The van der Waals surface area contributed by atoms with Gasteiger partial charge >= 0.3 is 0 Å². The van der Waals surface area contributed by atoms with Crippen LogP contribution in [-0.2, 0) is 9.59 Å². The summed E-state index contributed by atoms with van der Waals surface area (Å²) in [4.78, 5) is 43.5. The fourth-order valence-corrected chi connectivity index (χ4v) is 6.52. The number of Topliss-reactive ketones (excluding diaryl/α,β-unsaturated/α-hetero) is 1. The van der Waals surface area contributed by atoms with Gasteiger partial charge in [-0.1, -0.05) is 82.7 Å². The smallest absolute Gasteiger partial charge is 0.251 e. The zero-order valence-corrected chi connectivity index (χ0v) is 34.7. The summed E-state index contributed by atoms with van der Waals surface area (Å²) in [5, 5.41) is 3.08. The number of hydrogen-bond acceptors (Lipinski definition) is 5. The van der Waals surface area contributed by atoms with E-state index in [1.807, 2.05) is 81.1 Å². The first kappa shape index (κ1) is 44.3. The molecule has 284 valence electrons. The van der Waals surface area contributed by atoms with E-state index in [4.69, 9.17) is 0 Å². The van der Waals surface area contributed by atoms with E-state index in [-0.39, 0.29) is 29.1 Å². The number of rotatable bonds is 7. The standard InChI is InChI=1S/C28H30N2O2.C14H25NO.CH5N.CH4S/c1-15-7-9-21(10-8-15)20(6)30-28(32)22-11-12-23-18(4)27(31)25(24(23)13-22)14-26-17(3)16(2)19(5)29-26;1-6-11(2)12-7-8-15(10-12)13(16)9-14(3,4)5;2*1-2/h7-14,18,20,29H,1-6H3,(H,30,32);12H,2,6-10H2,1,3-5H3;2H2,1H3;2H,1H3/b25-14-;;;. The number of hydrogen-bond donors (Lipinski definition) is 4. The average molecular weight is 729 g/mol. The van der Waals surface area contributed by atoms with Gasteiger partial charge in [0.05, 0.1) is 6.04 Å². The molecule has 0 spiro atoms. The van der Waals surface area contributed by atoms with Crippen LogP contribution in [0.4, 0.5) is 0 Å². The Labute approximate surface area is 319 Å². The van der Waals surface area contributed by atoms with E-state index < -0.39 is 0 Å². The Morgan fingerprint density at radius 2 is 1.67 bits per heavy atom. The highest BCUT2D eigenvalue weighted by molar-refractivity contribution is 7.79. The first-order chi connectivity index (χ1) is 24.5. The van der Waals surface area contributed by atoms with Crippen molar-refractivity contribution in [2.24, 2.45) is 17.1 Å². The van der Waals surface area contributed by atoms with Crippen molar-refractivity contribution in [3.05, 3.63) is 105 Å². The third kappa shape index (κ3) is 11.3. The second-order valence-electron chi connectivity index (χ2n) is 15.0. The molecule has 1 aromatic heterocycles. The van der Waals surface area contributed by atoms with Gasteiger partial charge in [-0.3, -0.25) is 14.4 Å². The predicted octanol–water partition coefficient (Wildman–Crippen LogP) is 9.32. The second-order valence-corrected chi connectivity index (χ2v) is 15.0. The lowest BCUT2D eigenvalue weighted by molar-refractivity contribution is -0.132. The lowest BCUT2D eigenvalue weighted by Crippen LogP contribution is -2.31. The maximum absolute atomic E-state index is 13.1. The van der Waals surface area contributed by atoms with E-state index >= 15 is 0 Å². The molecular weight excluding hydrogens is 665 g/mol. The topological polar surface area (TPSA) is 108 Å². The summed E-state index contributed by atoms with van der Waals surface area (Å²) in [5.41, 5.74) is 15.6. The number of aryl methyl sites for hydroxylation is 2. The zero-order valence-electron chi connectivity index (χ0n) is 33.8. The number of aromatic nitrogens is 1. The van der Waals surface area contributed by atoms with Crippen molar-refractivity contribution in [2.75, 3.05) is 26.4 Å². The van der Waals surface area contributed by atoms with Gasteiger partial charge in [0, 0.05) is 48.0 Å². The molecule has 2 heterocycles. The number of fused-ring (bicyclic) bond motifs is 1. The molecule has 8 heteroatoms. The molecule has 2 amide bonds. The number of carbonyl (C=O) groups excluding carboxylic acids is 3. The Kier molecular flexibility index (Phi) is 16.9. The van der Waals surface area contributed by atoms with Gasteiger partial charge in [0.1, 0.15) is 0 Å². The molecule has 2 aromatic carbocycles. The number of nitrogens with zero attached hydrogens (tertiary/aromatic N) is 1. The number of carbonyl (C=O) groups is 3. The predicted molar refractivity (Wildman–Crippen MR) is 223 cm³/mol. The molecular formula is C44H64N4O3S. The lowest BCUT2D eigenvalue weighted by atomic mass is 9.91. The van der Waals surface area contributed by atoms with Crippen molar-refractivity contribution in [3.63, 3.8) is 0 Å². The minimum absolute atomic E-state index is 0.0925. The molecule has 0 bridgehead atoms. The Morgan fingerprint density at radius 1 is 1.06 bits per heavy atom. The maximum Gasteiger partial charge on any atom is 0.251 e. The average Bonchev–Trinajstić information content (AvgIpc) is 3.78. The minimum Gasteiger partial charge on any atom is -0.359 e. The fraction of sp³-hybridized carbons (Fsp3) is 0.477. The van der Waals surface area contributed by atoms with Gasteiger partial charge in [0.15, 0.2) is 5.78 Å². The molecule has 4 N–H and O–H groups in total. The van der Waals surface area contributed by atoms with Gasteiger partial charge in [0.25, 0.3) is 5.91 Å². The molecule has 3 atom stereocenters. The molecule has 1 saturated heterocycles. The highest BCUT2D eigenvalue weighted by Crippen LogP contribution is 2.40. The maximum atomic E-state index is 13.1. The number of aromatic amines is 1. The van der Waals surface area contributed by atoms with Crippen molar-refractivity contribution >= 4 is 41.9 Å². The van der Waals surface area contributed by atoms with Crippen molar-refractivity contribution in [1.29, 1.82) is 0 Å². The highest BCUT2D eigenvalue weighted by atomic mass is 32.1. The van der Waals surface area contributed by atoms with Gasteiger partial charge in [-0.2, -0.15) is 12.6 Å². The van der Waals surface area contributed by atoms with E-state index in [0.717, 1.165) is 59.6 Å². The number of H-pyrrole nitrogens is 1. The molecule has 2 aliphatic rings. The molecule has 7 nitrogen and oxygen atoms in total. The van der Waals surface area contributed by atoms with E-state index in [1.54, 1.807) is 6.26 Å². The number of thiol groups is 1. The number of nitrogens with one attached hydrogen (secondary N) is 2. The molecule has 0 radical (unpaired) electrons. The van der Waals surface area contributed by atoms with Crippen molar-refractivity contribution in [2.45, 2.75) is 100 Å². The zero-order chi connectivity index (χ0) is 39.5. The Hall–Kier alpha value is -3.88. The summed E-state index contributed by atoms with van der Waals surface area (Å²) in [6, 6.07) is 13.6. The van der Waals surface area contributed by atoms with Crippen LogP contribution in [0.5, 0.6) is 0 Å². The first-order valence-corrected chi connectivity index (χ1v) is 19.3. The molecule has 3 aromatic rings. The van der Waals surface area contributed by atoms with Crippen molar-refractivity contribution in [1.82, 2.24) is 15.2 Å². The van der Waals surface area contributed by atoms with Crippen molar-refractivity contribution < 1.29 is 14.4 Å². The number of likely N-dealkylation sites (tertiary alicyclic amines) is 1. The number of benzene rings is 2. The van der Waals surface area contributed by atoms with E-state index in [9.17, 15) is 14.4 Å². The normalized spacial score (nSPS) is 17.5. The first-order valence-electron chi connectivity index (χ1n) is 18.4. The van der Waals surface area contributed by atoms with Gasteiger partial charge in [-0.15, -0.1) is 0 Å². The van der Waals surface area contributed by atoms with E-state index in [2.05, 4.69) is 76.8 Å². The molecule has 52 heavy (non-hydrogen) atoms. The van der Waals surface area contributed by atoms with Crippen LogP contribution < -0.4 is 11.1 Å². The highest BCUT2D eigenvalue weighted by Gasteiger charge is 2.33. The second kappa shape index (κ2) is 19.8. The van der Waals surface area contributed by atoms with Gasteiger partial charge < -0.3 is 20.9 Å². The van der Waals surface area contributed by atoms with Gasteiger partial charge in [0.2, 0.25) is 5.91 Å². The molecule has 1 fully saturated rings.